The fourth-order valence-corrected chi connectivity index (χ4v) is 4.20. The SMILES string of the molecule is COC(=O)C1=C(C)C=C(N2CCOCC2)C(C(=O)OC)C1c1ccc(NC(C)=O)cc1. The third-order valence-electron chi connectivity index (χ3n) is 5.58. The number of benzene rings is 1. The van der Waals surface area contributed by atoms with Crippen LogP contribution in [0.25, 0.3) is 0 Å². The van der Waals surface area contributed by atoms with Crippen molar-refractivity contribution in [2.75, 3.05) is 45.8 Å². The summed E-state index contributed by atoms with van der Waals surface area (Å²) in [6.07, 6.45) is 1.88. The molecule has 166 valence electrons. The van der Waals surface area contributed by atoms with E-state index < -0.39 is 23.8 Å². The number of nitrogens with one attached hydrogen (secondary N) is 1. The second kappa shape index (κ2) is 9.78. The maximum Gasteiger partial charge on any atom is 0.334 e. The third kappa shape index (κ3) is 4.80. The van der Waals surface area contributed by atoms with Gasteiger partial charge in [-0.25, -0.2) is 4.79 Å². The molecule has 1 aliphatic carbocycles. The summed E-state index contributed by atoms with van der Waals surface area (Å²) in [6.45, 7) is 5.70. The minimum atomic E-state index is -0.715. The lowest BCUT2D eigenvalue weighted by Crippen LogP contribution is -2.43. The molecule has 3 rings (SSSR count). The highest BCUT2D eigenvalue weighted by molar-refractivity contribution is 5.95. The molecule has 1 fully saturated rings. The molecular weight excluding hydrogens is 400 g/mol. The Labute approximate surface area is 181 Å². The monoisotopic (exact) mass is 428 g/mol. The number of amides is 1. The van der Waals surface area contributed by atoms with Gasteiger partial charge in [0, 0.05) is 42.9 Å². The Morgan fingerprint density at radius 2 is 1.71 bits per heavy atom. The molecule has 0 aromatic heterocycles. The predicted molar refractivity (Wildman–Crippen MR) is 114 cm³/mol. The van der Waals surface area contributed by atoms with Crippen LogP contribution in [0, 0.1) is 5.92 Å². The molecule has 0 saturated carbocycles. The second-order valence-corrected chi connectivity index (χ2v) is 7.54. The fraction of sp³-hybridized carbons (Fsp3) is 0.435. The Hall–Kier alpha value is -3.13. The number of hydrogen-bond acceptors (Lipinski definition) is 7. The predicted octanol–water partition coefficient (Wildman–Crippen LogP) is 2.24. The molecule has 8 heteroatoms. The number of morpholine rings is 1. The molecule has 1 aliphatic heterocycles. The molecule has 2 aliphatic rings. The summed E-state index contributed by atoms with van der Waals surface area (Å²) in [5.74, 6) is -2.40. The van der Waals surface area contributed by atoms with E-state index in [9.17, 15) is 14.4 Å². The number of anilines is 1. The number of rotatable bonds is 5. The maximum atomic E-state index is 13.0. The Morgan fingerprint density at radius 3 is 2.26 bits per heavy atom. The van der Waals surface area contributed by atoms with Gasteiger partial charge in [-0.3, -0.25) is 9.59 Å². The van der Waals surface area contributed by atoms with Crippen LogP contribution < -0.4 is 5.32 Å². The lowest BCUT2D eigenvalue weighted by molar-refractivity contribution is -0.145. The lowest BCUT2D eigenvalue weighted by Gasteiger charge is -2.40. The van der Waals surface area contributed by atoms with Crippen LogP contribution in [0.1, 0.15) is 25.3 Å². The van der Waals surface area contributed by atoms with Crippen molar-refractivity contribution in [3.63, 3.8) is 0 Å². The van der Waals surface area contributed by atoms with Crippen molar-refractivity contribution < 1.29 is 28.6 Å². The fourth-order valence-electron chi connectivity index (χ4n) is 4.20. The first kappa shape index (κ1) is 22.6. The van der Waals surface area contributed by atoms with Crippen molar-refractivity contribution in [2.45, 2.75) is 19.8 Å². The number of hydrogen-bond donors (Lipinski definition) is 1. The quantitative estimate of drug-likeness (QED) is 0.719. The summed E-state index contributed by atoms with van der Waals surface area (Å²) in [4.78, 5) is 39.3. The summed E-state index contributed by atoms with van der Waals surface area (Å²) in [5.41, 5.74) is 3.34. The average molecular weight is 428 g/mol. The van der Waals surface area contributed by atoms with E-state index in [1.807, 2.05) is 25.1 Å². The number of esters is 2. The van der Waals surface area contributed by atoms with Crippen molar-refractivity contribution in [2.24, 2.45) is 5.92 Å². The first-order valence-electron chi connectivity index (χ1n) is 10.2. The lowest BCUT2D eigenvalue weighted by atomic mass is 9.73. The van der Waals surface area contributed by atoms with E-state index in [0.717, 1.165) is 16.8 Å². The van der Waals surface area contributed by atoms with Gasteiger partial charge in [-0.15, -0.1) is 0 Å². The largest absolute Gasteiger partial charge is 0.468 e. The van der Waals surface area contributed by atoms with Gasteiger partial charge in [0.25, 0.3) is 0 Å². The molecule has 1 aromatic rings. The van der Waals surface area contributed by atoms with Gasteiger partial charge in [0.1, 0.15) is 5.92 Å². The Bertz CT molecular complexity index is 912. The Balaban J connectivity index is 2.12. The van der Waals surface area contributed by atoms with Crippen LogP contribution in [0.4, 0.5) is 5.69 Å². The zero-order chi connectivity index (χ0) is 22.5. The summed E-state index contributed by atoms with van der Waals surface area (Å²) in [6, 6.07) is 7.12. The molecule has 2 atom stereocenters. The summed E-state index contributed by atoms with van der Waals surface area (Å²) in [7, 11) is 2.67. The van der Waals surface area contributed by atoms with Crippen LogP contribution in [-0.2, 0) is 28.6 Å². The van der Waals surface area contributed by atoms with E-state index in [1.165, 1.54) is 21.1 Å². The number of methoxy groups -OCH3 is 2. The van der Waals surface area contributed by atoms with Gasteiger partial charge in [-0.2, -0.15) is 0 Å². The van der Waals surface area contributed by atoms with E-state index in [2.05, 4.69) is 10.2 Å². The molecule has 1 saturated heterocycles. The van der Waals surface area contributed by atoms with Crippen LogP contribution in [0.5, 0.6) is 0 Å². The summed E-state index contributed by atoms with van der Waals surface area (Å²) in [5, 5.41) is 2.73. The van der Waals surface area contributed by atoms with Crippen LogP contribution in [0.3, 0.4) is 0 Å². The number of nitrogens with zero attached hydrogens (tertiary/aromatic N) is 1. The van der Waals surface area contributed by atoms with Crippen LogP contribution in [0.15, 0.2) is 47.2 Å². The zero-order valence-corrected chi connectivity index (χ0v) is 18.3. The van der Waals surface area contributed by atoms with E-state index >= 15 is 0 Å². The zero-order valence-electron chi connectivity index (χ0n) is 18.3. The van der Waals surface area contributed by atoms with Gasteiger partial charge in [-0.1, -0.05) is 12.1 Å². The minimum Gasteiger partial charge on any atom is -0.468 e. The van der Waals surface area contributed by atoms with Gasteiger partial charge in [0.15, 0.2) is 0 Å². The van der Waals surface area contributed by atoms with Gasteiger partial charge < -0.3 is 24.4 Å². The van der Waals surface area contributed by atoms with E-state index in [4.69, 9.17) is 14.2 Å². The highest BCUT2D eigenvalue weighted by Crippen LogP contribution is 2.44. The topological polar surface area (TPSA) is 94.2 Å². The maximum absolute atomic E-state index is 13.0. The molecule has 1 heterocycles. The molecule has 1 N–H and O–H groups in total. The molecule has 31 heavy (non-hydrogen) atoms. The number of carbonyl (C=O) groups is 3. The first-order chi connectivity index (χ1) is 14.9. The standard InChI is InChI=1S/C23H28N2O6/c1-14-13-18(25-9-11-31-12-10-25)21(23(28)30-4)20(19(14)22(27)29-3)16-5-7-17(8-6-16)24-15(2)26/h5-8,13,20-21H,9-12H2,1-4H3,(H,24,26). The van der Waals surface area contributed by atoms with Crippen molar-refractivity contribution in [3.05, 3.63) is 52.7 Å². The molecule has 1 aromatic carbocycles. The Morgan fingerprint density at radius 1 is 1.06 bits per heavy atom. The number of allylic oxidation sites excluding steroid dienone is 2. The summed E-state index contributed by atoms with van der Waals surface area (Å²) < 4.78 is 15.7. The molecule has 0 radical (unpaired) electrons. The van der Waals surface area contributed by atoms with Gasteiger partial charge in [0.2, 0.25) is 5.91 Å². The molecular formula is C23H28N2O6. The number of ether oxygens (including phenoxy) is 3. The molecule has 2 unspecified atom stereocenters. The normalized spacial score (nSPS) is 21.3. The van der Waals surface area contributed by atoms with E-state index in [0.29, 0.717) is 37.6 Å². The van der Waals surface area contributed by atoms with Crippen molar-refractivity contribution in [1.29, 1.82) is 0 Å². The van der Waals surface area contributed by atoms with Crippen LogP contribution in [0.2, 0.25) is 0 Å². The molecule has 1 amide bonds. The van der Waals surface area contributed by atoms with Gasteiger partial charge in [-0.05, 0) is 36.3 Å². The minimum absolute atomic E-state index is 0.179. The highest BCUT2D eigenvalue weighted by atomic mass is 16.5. The van der Waals surface area contributed by atoms with Crippen molar-refractivity contribution in [1.82, 2.24) is 4.90 Å². The Kier molecular flexibility index (Phi) is 7.12. The van der Waals surface area contributed by atoms with Gasteiger partial charge in [0.05, 0.1) is 27.4 Å². The van der Waals surface area contributed by atoms with Crippen LogP contribution >= 0.6 is 0 Å². The van der Waals surface area contributed by atoms with E-state index in [-0.39, 0.29) is 5.91 Å². The average Bonchev–Trinajstić information content (AvgIpc) is 2.78. The smallest absolute Gasteiger partial charge is 0.334 e. The highest BCUT2D eigenvalue weighted by Gasteiger charge is 2.44. The van der Waals surface area contributed by atoms with Crippen molar-refractivity contribution in [3.8, 4) is 0 Å². The molecule has 8 nitrogen and oxygen atoms in total. The molecule has 0 bridgehead atoms. The second-order valence-electron chi connectivity index (χ2n) is 7.54. The summed E-state index contributed by atoms with van der Waals surface area (Å²) >= 11 is 0. The van der Waals surface area contributed by atoms with Crippen LogP contribution in [-0.4, -0.2) is 63.3 Å². The first-order valence-corrected chi connectivity index (χ1v) is 10.2. The number of carbonyl (C=O) groups excluding carboxylic acids is 3. The third-order valence-corrected chi connectivity index (χ3v) is 5.58. The van der Waals surface area contributed by atoms with Crippen molar-refractivity contribution >= 4 is 23.5 Å². The van der Waals surface area contributed by atoms with Gasteiger partial charge >= 0.3 is 11.9 Å². The van der Waals surface area contributed by atoms with E-state index in [1.54, 1.807) is 12.1 Å². The molecule has 0 spiro atoms.